The highest BCUT2D eigenvalue weighted by Crippen LogP contribution is 2.19. The molecule has 0 spiro atoms. The van der Waals surface area contributed by atoms with Crippen molar-refractivity contribution >= 4 is 21.6 Å². The number of sulfonamides is 1. The predicted molar refractivity (Wildman–Crippen MR) is 120 cm³/mol. The Labute approximate surface area is 183 Å². The van der Waals surface area contributed by atoms with Gasteiger partial charge in [-0.05, 0) is 30.7 Å². The number of carbonyl (C=O) groups excluding carboxylic acids is 1. The predicted octanol–water partition coefficient (Wildman–Crippen LogP) is 1.73. The Kier molecular flexibility index (Phi) is 8.13. The zero-order valence-electron chi connectivity index (χ0n) is 17.7. The van der Waals surface area contributed by atoms with E-state index in [9.17, 15) is 13.2 Å². The molecule has 0 bridgehead atoms. The van der Waals surface area contributed by atoms with E-state index in [1.165, 1.54) is 0 Å². The molecule has 2 aromatic carbocycles. The third-order valence-electron chi connectivity index (χ3n) is 5.07. The lowest BCUT2D eigenvalue weighted by molar-refractivity contribution is -0.123. The SMILES string of the molecule is COc1cccc(OCC(=O)NCCCS(=O)(=O)N2CCN(c3ccccc3)CC2)c1. The lowest BCUT2D eigenvalue weighted by Crippen LogP contribution is -2.49. The fourth-order valence-corrected chi connectivity index (χ4v) is 4.85. The number of rotatable bonds is 10. The Balaban J connectivity index is 1.34. The van der Waals surface area contributed by atoms with Gasteiger partial charge in [0.1, 0.15) is 11.5 Å². The smallest absolute Gasteiger partial charge is 0.257 e. The first-order valence-corrected chi connectivity index (χ1v) is 11.9. The average molecular weight is 448 g/mol. The number of methoxy groups -OCH3 is 1. The summed E-state index contributed by atoms with van der Waals surface area (Å²) in [4.78, 5) is 14.1. The number of hydrogen-bond donors (Lipinski definition) is 1. The Morgan fingerprint density at radius 1 is 1.00 bits per heavy atom. The van der Waals surface area contributed by atoms with Crippen LogP contribution in [0, 0.1) is 0 Å². The number of hydrogen-bond acceptors (Lipinski definition) is 6. The van der Waals surface area contributed by atoms with Crippen LogP contribution in [0.15, 0.2) is 54.6 Å². The van der Waals surface area contributed by atoms with Gasteiger partial charge in [-0.2, -0.15) is 4.31 Å². The van der Waals surface area contributed by atoms with E-state index in [1.54, 1.807) is 35.7 Å². The molecule has 168 valence electrons. The van der Waals surface area contributed by atoms with Gasteiger partial charge >= 0.3 is 0 Å². The molecule has 2 aromatic rings. The van der Waals surface area contributed by atoms with E-state index in [0.29, 0.717) is 44.1 Å². The zero-order valence-corrected chi connectivity index (χ0v) is 18.5. The van der Waals surface area contributed by atoms with Gasteiger partial charge in [-0.3, -0.25) is 4.79 Å². The third kappa shape index (κ3) is 6.86. The molecule has 1 aliphatic rings. The molecule has 1 saturated heterocycles. The standard InChI is InChI=1S/C22H29N3O5S/c1-29-20-9-5-10-21(17-20)30-18-22(26)23-11-6-16-31(27,28)25-14-12-24(13-15-25)19-7-3-2-4-8-19/h2-5,7-10,17H,6,11-16,18H2,1H3,(H,23,26). The second kappa shape index (κ2) is 11.0. The van der Waals surface area contributed by atoms with Crippen LogP contribution in [0.4, 0.5) is 5.69 Å². The molecule has 0 radical (unpaired) electrons. The molecule has 1 heterocycles. The number of ether oxygens (including phenoxy) is 2. The maximum absolute atomic E-state index is 12.6. The highest BCUT2D eigenvalue weighted by atomic mass is 32.2. The fraction of sp³-hybridized carbons (Fsp3) is 0.409. The van der Waals surface area contributed by atoms with E-state index in [1.807, 2.05) is 30.3 Å². The van der Waals surface area contributed by atoms with Crippen molar-refractivity contribution in [3.63, 3.8) is 0 Å². The van der Waals surface area contributed by atoms with Crippen molar-refractivity contribution in [3.05, 3.63) is 54.6 Å². The zero-order chi connectivity index (χ0) is 22.1. The van der Waals surface area contributed by atoms with Gasteiger partial charge in [0.05, 0.1) is 12.9 Å². The maximum atomic E-state index is 12.6. The number of nitrogens with zero attached hydrogens (tertiary/aromatic N) is 2. The van der Waals surface area contributed by atoms with Crippen LogP contribution in [-0.2, 0) is 14.8 Å². The summed E-state index contributed by atoms with van der Waals surface area (Å²) in [5, 5.41) is 2.70. The topological polar surface area (TPSA) is 88.2 Å². The molecule has 1 N–H and O–H groups in total. The van der Waals surface area contributed by atoms with Crippen LogP contribution >= 0.6 is 0 Å². The first kappa shape index (κ1) is 22.9. The summed E-state index contributed by atoms with van der Waals surface area (Å²) in [5.41, 5.74) is 1.11. The minimum Gasteiger partial charge on any atom is -0.497 e. The highest BCUT2D eigenvalue weighted by Gasteiger charge is 2.26. The van der Waals surface area contributed by atoms with Gasteiger partial charge in [0.2, 0.25) is 10.0 Å². The lowest BCUT2D eigenvalue weighted by Gasteiger charge is -2.35. The highest BCUT2D eigenvalue weighted by molar-refractivity contribution is 7.89. The van der Waals surface area contributed by atoms with E-state index < -0.39 is 10.0 Å². The van der Waals surface area contributed by atoms with Crippen LogP contribution in [0.3, 0.4) is 0 Å². The molecule has 0 atom stereocenters. The Morgan fingerprint density at radius 3 is 2.42 bits per heavy atom. The van der Waals surface area contributed by atoms with Gasteiger partial charge < -0.3 is 19.7 Å². The number of piperazine rings is 1. The Hall–Kier alpha value is -2.78. The van der Waals surface area contributed by atoms with Crippen molar-refractivity contribution < 1.29 is 22.7 Å². The number of nitrogens with one attached hydrogen (secondary N) is 1. The first-order valence-electron chi connectivity index (χ1n) is 10.3. The van der Waals surface area contributed by atoms with Crippen LogP contribution in [0.25, 0.3) is 0 Å². The number of amides is 1. The minimum atomic E-state index is -3.34. The van der Waals surface area contributed by atoms with Crippen LogP contribution < -0.4 is 19.7 Å². The number of para-hydroxylation sites is 1. The second-order valence-electron chi connectivity index (χ2n) is 7.21. The van der Waals surface area contributed by atoms with Crippen molar-refractivity contribution in [2.75, 3.05) is 57.1 Å². The number of carbonyl (C=O) groups is 1. The molecule has 9 heteroatoms. The third-order valence-corrected chi connectivity index (χ3v) is 7.02. The summed E-state index contributed by atoms with van der Waals surface area (Å²) >= 11 is 0. The van der Waals surface area contributed by atoms with Gasteiger partial charge in [0, 0.05) is 44.5 Å². The minimum absolute atomic E-state index is 0.00928. The molecule has 31 heavy (non-hydrogen) atoms. The first-order chi connectivity index (χ1) is 15.0. The molecule has 3 rings (SSSR count). The summed E-state index contributed by atoms with van der Waals surface area (Å²) in [5.74, 6) is 0.895. The largest absolute Gasteiger partial charge is 0.497 e. The van der Waals surface area contributed by atoms with Crippen LogP contribution in [0.2, 0.25) is 0 Å². The summed E-state index contributed by atoms with van der Waals surface area (Å²) in [6.07, 6.45) is 0.353. The van der Waals surface area contributed by atoms with E-state index >= 15 is 0 Å². The number of anilines is 1. The van der Waals surface area contributed by atoms with Crippen molar-refractivity contribution in [1.29, 1.82) is 0 Å². The van der Waals surface area contributed by atoms with E-state index in [2.05, 4.69) is 10.2 Å². The van der Waals surface area contributed by atoms with Crippen molar-refractivity contribution in [2.24, 2.45) is 0 Å². The van der Waals surface area contributed by atoms with E-state index in [4.69, 9.17) is 9.47 Å². The summed E-state index contributed by atoms with van der Waals surface area (Å²) in [7, 11) is -1.78. The van der Waals surface area contributed by atoms with Gasteiger partial charge in [0.15, 0.2) is 6.61 Å². The molecule has 0 unspecified atom stereocenters. The Bertz CT molecular complexity index is 945. The molecule has 8 nitrogen and oxygen atoms in total. The normalized spacial score (nSPS) is 14.8. The monoisotopic (exact) mass is 447 g/mol. The van der Waals surface area contributed by atoms with E-state index in [0.717, 1.165) is 5.69 Å². The van der Waals surface area contributed by atoms with Crippen LogP contribution in [-0.4, -0.2) is 70.8 Å². The molecule has 0 saturated carbocycles. The quantitative estimate of drug-likeness (QED) is 0.558. The lowest BCUT2D eigenvalue weighted by atomic mass is 10.2. The van der Waals surface area contributed by atoms with Crippen molar-refractivity contribution in [2.45, 2.75) is 6.42 Å². The van der Waals surface area contributed by atoms with E-state index in [-0.39, 0.29) is 24.8 Å². The Morgan fingerprint density at radius 2 is 1.71 bits per heavy atom. The average Bonchev–Trinajstić information content (AvgIpc) is 2.81. The van der Waals surface area contributed by atoms with Crippen LogP contribution in [0.1, 0.15) is 6.42 Å². The molecule has 1 amide bonds. The molecular weight excluding hydrogens is 418 g/mol. The van der Waals surface area contributed by atoms with Gasteiger partial charge in [-0.25, -0.2) is 8.42 Å². The van der Waals surface area contributed by atoms with Gasteiger partial charge in [-0.1, -0.05) is 24.3 Å². The second-order valence-corrected chi connectivity index (χ2v) is 9.30. The maximum Gasteiger partial charge on any atom is 0.257 e. The van der Waals surface area contributed by atoms with Crippen molar-refractivity contribution in [3.8, 4) is 11.5 Å². The molecule has 1 fully saturated rings. The van der Waals surface area contributed by atoms with Crippen molar-refractivity contribution in [1.82, 2.24) is 9.62 Å². The summed E-state index contributed by atoms with van der Waals surface area (Å²) in [6.45, 7) is 2.42. The van der Waals surface area contributed by atoms with Gasteiger partial charge in [-0.15, -0.1) is 0 Å². The fourth-order valence-electron chi connectivity index (χ4n) is 3.37. The molecule has 1 aliphatic heterocycles. The summed E-state index contributed by atoms with van der Waals surface area (Å²) < 4.78 is 37.3. The van der Waals surface area contributed by atoms with Gasteiger partial charge in [0.25, 0.3) is 5.91 Å². The number of benzene rings is 2. The molecule has 0 aromatic heterocycles. The molecular formula is C22H29N3O5S. The molecule has 0 aliphatic carbocycles. The summed E-state index contributed by atoms with van der Waals surface area (Å²) in [6, 6.07) is 17.0. The van der Waals surface area contributed by atoms with Crippen LogP contribution in [0.5, 0.6) is 11.5 Å².